The lowest BCUT2D eigenvalue weighted by molar-refractivity contribution is -0.152. The van der Waals surface area contributed by atoms with Crippen molar-refractivity contribution >= 4 is 25.9 Å². The maximum absolute atomic E-state index is 13.2. The van der Waals surface area contributed by atoms with E-state index in [1.807, 2.05) is 0 Å². The van der Waals surface area contributed by atoms with E-state index in [4.69, 9.17) is 30.7 Å². The molecule has 3 N–H and O–H groups in total. The van der Waals surface area contributed by atoms with Gasteiger partial charge in [-0.1, -0.05) is 6.42 Å². The van der Waals surface area contributed by atoms with E-state index in [2.05, 4.69) is 10.1 Å². The lowest BCUT2D eigenvalue weighted by Gasteiger charge is -2.36. The molecule has 0 amide bonds. The summed E-state index contributed by atoms with van der Waals surface area (Å²) < 4.78 is 37.1. The zero-order chi connectivity index (χ0) is 23.1. The lowest BCUT2D eigenvalue weighted by atomic mass is 9.96. The van der Waals surface area contributed by atoms with Gasteiger partial charge in [0.1, 0.15) is 30.0 Å². The number of ether oxygens (including phenoxy) is 2. The van der Waals surface area contributed by atoms with Gasteiger partial charge in [-0.15, -0.1) is 0 Å². The first-order valence-electron chi connectivity index (χ1n) is 10.7. The highest BCUT2D eigenvalue weighted by Crippen LogP contribution is 2.55. The zero-order valence-electron chi connectivity index (χ0n) is 17.9. The van der Waals surface area contributed by atoms with Crippen molar-refractivity contribution in [1.82, 2.24) is 14.6 Å². The number of rotatable bonds is 5. The number of fused-ring (bicyclic) bond motifs is 1. The van der Waals surface area contributed by atoms with E-state index in [1.54, 1.807) is 0 Å². The number of hydrogen-bond donors (Lipinski definition) is 3. The molecule has 0 spiro atoms. The Bertz CT molecular complexity index is 1020. The number of carbonyl (C=O) groups is 1. The number of hydrogen-bond acceptors (Lipinski definition) is 9. The average Bonchev–Trinajstić information content (AvgIpc) is 2.98. The van der Waals surface area contributed by atoms with Crippen LogP contribution in [0.3, 0.4) is 0 Å². The van der Waals surface area contributed by atoms with Gasteiger partial charge < -0.3 is 14.6 Å². The minimum absolute atomic E-state index is 0.0581. The van der Waals surface area contributed by atoms with Crippen molar-refractivity contribution in [2.24, 2.45) is 0 Å². The molecule has 2 saturated heterocycles. The van der Waals surface area contributed by atoms with Gasteiger partial charge in [-0.3, -0.25) is 28.2 Å². The Morgan fingerprint density at radius 2 is 2.16 bits per heavy atom. The van der Waals surface area contributed by atoms with E-state index >= 15 is 0 Å². The van der Waals surface area contributed by atoms with Crippen LogP contribution in [0.5, 0.6) is 0 Å². The average molecular weight is 489 g/mol. The molecule has 1 aromatic heterocycles. The fourth-order valence-corrected chi connectivity index (χ4v) is 6.33. The summed E-state index contributed by atoms with van der Waals surface area (Å²) in [6.07, 6.45) is 3.30. The van der Waals surface area contributed by atoms with Crippen molar-refractivity contribution in [2.75, 3.05) is 6.61 Å². The van der Waals surface area contributed by atoms with Gasteiger partial charge in [-0.25, -0.2) is 9.65 Å². The number of carbonyl (C=O) groups excluding carboxylic acids is 1. The van der Waals surface area contributed by atoms with E-state index in [0.29, 0.717) is 0 Å². The molecule has 2 aliphatic heterocycles. The smallest absolute Gasteiger partial charge is 0.406 e. The molecule has 0 aromatic carbocycles. The fraction of sp³-hybridized carbons (Fsp3) is 0.737. The highest BCUT2D eigenvalue weighted by atomic mass is 32.1. The van der Waals surface area contributed by atoms with Gasteiger partial charge in [0.2, 0.25) is 0 Å². The normalized spacial score (nSPS) is 36.4. The van der Waals surface area contributed by atoms with Crippen LogP contribution in [0.4, 0.5) is 0 Å². The molecule has 1 saturated carbocycles. The summed E-state index contributed by atoms with van der Waals surface area (Å²) in [6.45, 7) is 2.85. The van der Waals surface area contributed by atoms with Gasteiger partial charge in [-0.05, 0) is 51.7 Å². The predicted molar refractivity (Wildman–Crippen MR) is 114 cm³/mol. The van der Waals surface area contributed by atoms with Crippen LogP contribution in [-0.2, 0) is 27.9 Å². The van der Waals surface area contributed by atoms with Gasteiger partial charge in [0.25, 0.3) is 5.56 Å². The summed E-state index contributed by atoms with van der Waals surface area (Å²) in [6, 6.07) is 0.316. The lowest BCUT2D eigenvalue weighted by Crippen LogP contribution is -2.49. The Labute approximate surface area is 190 Å². The van der Waals surface area contributed by atoms with Crippen LogP contribution in [0.2, 0.25) is 0 Å². The van der Waals surface area contributed by atoms with E-state index in [9.17, 15) is 19.3 Å². The third kappa shape index (κ3) is 4.77. The van der Waals surface area contributed by atoms with E-state index in [-0.39, 0.29) is 23.0 Å². The number of aliphatic hydroxyl groups is 1. The molecule has 3 fully saturated rings. The molecule has 3 heterocycles. The second-order valence-corrected chi connectivity index (χ2v) is 10.7. The molecule has 6 atom stereocenters. The van der Waals surface area contributed by atoms with Crippen molar-refractivity contribution in [3.8, 4) is 0 Å². The number of aromatic amines is 1. The monoisotopic (exact) mass is 489 g/mol. The third-order valence-electron chi connectivity index (χ3n) is 6.02. The Hall–Kier alpha value is -1.40. The van der Waals surface area contributed by atoms with E-state index in [0.717, 1.165) is 32.1 Å². The van der Waals surface area contributed by atoms with Gasteiger partial charge in [0.15, 0.2) is 11.0 Å². The van der Waals surface area contributed by atoms with E-state index < -0.39 is 43.8 Å². The van der Waals surface area contributed by atoms with Gasteiger partial charge in [0, 0.05) is 12.3 Å². The molecule has 0 bridgehead atoms. The number of esters is 1. The van der Waals surface area contributed by atoms with Crippen molar-refractivity contribution in [3.05, 3.63) is 27.4 Å². The van der Waals surface area contributed by atoms with Gasteiger partial charge in [-0.2, -0.15) is 0 Å². The Kier molecular flexibility index (Phi) is 6.75. The van der Waals surface area contributed by atoms with Crippen LogP contribution in [0.1, 0.15) is 52.2 Å². The van der Waals surface area contributed by atoms with Crippen LogP contribution in [0, 0.1) is 4.77 Å². The summed E-state index contributed by atoms with van der Waals surface area (Å²) in [5.74, 6) is -0.534. The van der Waals surface area contributed by atoms with Gasteiger partial charge >= 0.3 is 13.7 Å². The number of aromatic nitrogens is 2. The van der Waals surface area contributed by atoms with E-state index in [1.165, 1.54) is 30.7 Å². The second kappa shape index (κ2) is 9.09. The Morgan fingerprint density at radius 3 is 2.84 bits per heavy atom. The molecular weight excluding hydrogens is 461 g/mol. The summed E-state index contributed by atoms with van der Waals surface area (Å²) in [5.41, 5.74) is -2.04. The Morgan fingerprint density at radius 1 is 1.44 bits per heavy atom. The molecular formula is C19H28N3O8PS. The highest BCUT2D eigenvalue weighted by Gasteiger charge is 2.59. The molecule has 32 heavy (non-hydrogen) atoms. The molecule has 2 unspecified atom stereocenters. The van der Waals surface area contributed by atoms with Crippen molar-refractivity contribution in [3.63, 3.8) is 0 Å². The Balaban J connectivity index is 1.44. The van der Waals surface area contributed by atoms with Crippen LogP contribution < -0.4 is 10.6 Å². The zero-order valence-corrected chi connectivity index (χ0v) is 19.6. The fourth-order valence-electron chi connectivity index (χ4n) is 4.31. The summed E-state index contributed by atoms with van der Waals surface area (Å²) in [7, 11) is -3.95. The standard InChI is InChI=1S/C19H28N3O8PS/c1-11(16(24)28-12-6-4-3-5-7-12)21-31(26)27-10-13-15(30-31)19(2,25)17(29-13)22-9-8-14(23)20-18(22)32/h8-9,11-13,15,17,25H,3-7,10H2,1-2H3,(H,21,26)(H,20,23,32)/t11-,13+,15-,17+,19?,31?/m0/s1. The van der Waals surface area contributed by atoms with Crippen LogP contribution in [0.25, 0.3) is 0 Å². The molecule has 1 aromatic rings. The molecule has 3 aliphatic rings. The summed E-state index contributed by atoms with van der Waals surface area (Å²) in [4.78, 5) is 26.4. The van der Waals surface area contributed by atoms with Gasteiger partial charge in [0.05, 0.1) is 6.61 Å². The summed E-state index contributed by atoms with van der Waals surface area (Å²) >= 11 is 5.17. The third-order valence-corrected chi connectivity index (χ3v) is 8.03. The second-order valence-electron chi connectivity index (χ2n) is 8.64. The molecule has 1 aliphatic carbocycles. The first-order valence-corrected chi connectivity index (χ1v) is 12.6. The molecule has 11 nitrogen and oxygen atoms in total. The van der Waals surface area contributed by atoms with Crippen molar-refractivity contribution < 1.29 is 33.0 Å². The number of H-pyrrole nitrogens is 1. The first-order chi connectivity index (χ1) is 15.1. The predicted octanol–water partition coefficient (Wildman–Crippen LogP) is 1.93. The highest BCUT2D eigenvalue weighted by molar-refractivity contribution is 7.71. The summed E-state index contributed by atoms with van der Waals surface area (Å²) in [5, 5.41) is 13.8. The maximum Gasteiger partial charge on any atom is 0.406 e. The molecule has 13 heteroatoms. The van der Waals surface area contributed by atoms with Crippen LogP contribution >= 0.6 is 20.0 Å². The molecule has 178 valence electrons. The topological polar surface area (TPSA) is 141 Å². The molecule has 0 radical (unpaired) electrons. The number of nitrogens with one attached hydrogen (secondary N) is 2. The SMILES string of the molecule is C[C@H](NP1(=O)OC[C@H]2O[C@@H](n3ccc(=O)[nH]c3=S)C(C)(O)[C@H]2O1)C(=O)OC1CCCCC1. The van der Waals surface area contributed by atoms with Crippen molar-refractivity contribution in [1.29, 1.82) is 0 Å². The van der Waals surface area contributed by atoms with Crippen LogP contribution in [0.15, 0.2) is 17.1 Å². The minimum Gasteiger partial charge on any atom is -0.461 e. The van der Waals surface area contributed by atoms with Crippen LogP contribution in [-0.4, -0.2) is 57.2 Å². The molecule has 4 rings (SSSR count). The maximum atomic E-state index is 13.2. The number of nitrogens with zero attached hydrogens (tertiary/aromatic N) is 1. The first kappa shape index (κ1) is 23.7. The largest absolute Gasteiger partial charge is 0.461 e. The minimum atomic E-state index is -3.95. The quantitative estimate of drug-likeness (QED) is 0.319. The van der Waals surface area contributed by atoms with Crippen molar-refractivity contribution in [2.45, 2.75) is 82.1 Å².